The number of benzene rings is 4. The minimum Gasteiger partial charge on any atom is -0.352 e. The van der Waals surface area contributed by atoms with Crippen LogP contribution < -0.4 is 9.62 Å². The summed E-state index contributed by atoms with van der Waals surface area (Å²) >= 11 is 6.54. The van der Waals surface area contributed by atoms with Crippen LogP contribution in [0.25, 0.3) is 0 Å². The van der Waals surface area contributed by atoms with E-state index >= 15 is 0 Å². The molecule has 230 valence electrons. The summed E-state index contributed by atoms with van der Waals surface area (Å²) in [6, 6.07) is 28.9. The maximum absolute atomic E-state index is 14.5. The Bertz CT molecular complexity index is 1690. The maximum atomic E-state index is 14.5. The summed E-state index contributed by atoms with van der Waals surface area (Å²) in [7, 11) is -4.16. The molecule has 0 saturated carbocycles. The molecule has 0 heterocycles. The number of hydrogen-bond donors (Lipinski definition) is 1. The molecule has 0 spiro atoms. The molecular weight excluding hydrogens is 594 g/mol. The lowest BCUT2D eigenvalue weighted by Gasteiger charge is -2.34. The first-order chi connectivity index (χ1) is 21.0. The van der Waals surface area contributed by atoms with Crippen molar-refractivity contribution in [1.29, 1.82) is 0 Å². The number of nitrogens with zero attached hydrogens (tertiary/aromatic N) is 2. The highest BCUT2D eigenvalue weighted by Crippen LogP contribution is 2.27. The van der Waals surface area contributed by atoms with Gasteiger partial charge < -0.3 is 10.2 Å². The lowest BCUT2D eigenvalue weighted by atomic mass is 10.0. The molecular formula is C35H38ClN3O4S. The first kappa shape index (κ1) is 32.8. The zero-order valence-corrected chi connectivity index (χ0v) is 27.0. The molecule has 0 radical (unpaired) electrons. The summed E-state index contributed by atoms with van der Waals surface area (Å²) in [4.78, 5) is 29.7. The Kier molecular flexibility index (Phi) is 10.8. The number of anilines is 1. The standard InChI is InChI=1S/C35H38ClN3O4S/c1-25(2)37-35(41)33(22-28-12-6-5-7-13-28)38(23-29-14-8-9-16-32(29)36)34(40)24-39(30-15-10-11-27(4)21-30)44(42,43)31-19-17-26(3)18-20-31/h5-21,25,33H,22-24H2,1-4H3,(H,37,41). The molecule has 0 aliphatic heterocycles. The van der Waals surface area contributed by atoms with Crippen LogP contribution in [0.2, 0.25) is 5.02 Å². The number of amides is 2. The third kappa shape index (κ3) is 8.27. The molecule has 7 nitrogen and oxygen atoms in total. The third-order valence-corrected chi connectivity index (χ3v) is 9.33. The van der Waals surface area contributed by atoms with Gasteiger partial charge in [-0.05, 0) is 74.7 Å². The lowest BCUT2D eigenvalue weighted by molar-refractivity contribution is -0.140. The Morgan fingerprint density at radius 2 is 1.48 bits per heavy atom. The van der Waals surface area contributed by atoms with Gasteiger partial charge in [0.1, 0.15) is 12.6 Å². The van der Waals surface area contributed by atoms with Gasteiger partial charge in [0.15, 0.2) is 0 Å². The van der Waals surface area contributed by atoms with Gasteiger partial charge in [-0.25, -0.2) is 8.42 Å². The average Bonchev–Trinajstić information content (AvgIpc) is 2.98. The number of nitrogens with one attached hydrogen (secondary N) is 1. The summed E-state index contributed by atoms with van der Waals surface area (Å²) < 4.78 is 29.4. The summed E-state index contributed by atoms with van der Waals surface area (Å²) in [6.07, 6.45) is 0.227. The zero-order valence-electron chi connectivity index (χ0n) is 25.4. The largest absolute Gasteiger partial charge is 0.352 e. The number of aryl methyl sites for hydroxylation is 2. The van der Waals surface area contributed by atoms with Crippen molar-refractivity contribution in [3.8, 4) is 0 Å². The van der Waals surface area contributed by atoms with Gasteiger partial charge in [-0.1, -0.05) is 90.0 Å². The van der Waals surface area contributed by atoms with Gasteiger partial charge >= 0.3 is 0 Å². The predicted octanol–water partition coefficient (Wildman–Crippen LogP) is 6.32. The van der Waals surface area contributed by atoms with Crippen molar-refractivity contribution in [2.45, 2.75) is 57.6 Å². The van der Waals surface area contributed by atoms with E-state index in [1.165, 1.54) is 17.0 Å². The van der Waals surface area contributed by atoms with E-state index < -0.39 is 28.5 Å². The Labute approximate surface area is 265 Å². The van der Waals surface area contributed by atoms with Crippen LogP contribution in [0.3, 0.4) is 0 Å². The van der Waals surface area contributed by atoms with Crippen LogP contribution in [-0.2, 0) is 32.6 Å². The van der Waals surface area contributed by atoms with Crippen LogP contribution in [0.15, 0.2) is 108 Å². The molecule has 0 saturated heterocycles. The second-order valence-corrected chi connectivity index (χ2v) is 13.4. The molecule has 0 bridgehead atoms. The monoisotopic (exact) mass is 631 g/mol. The van der Waals surface area contributed by atoms with Crippen molar-refractivity contribution < 1.29 is 18.0 Å². The molecule has 9 heteroatoms. The highest BCUT2D eigenvalue weighted by molar-refractivity contribution is 7.92. The van der Waals surface area contributed by atoms with Gasteiger partial charge in [-0.3, -0.25) is 13.9 Å². The van der Waals surface area contributed by atoms with Gasteiger partial charge in [0, 0.05) is 24.0 Å². The Morgan fingerprint density at radius 1 is 0.818 bits per heavy atom. The lowest BCUT2D eigenvalue weighted by Crippen LogP contribution is -2.54. The molecule has 1 unspecified atom stereocenters. The van der Waals surface area contributed by atoms with E-state index in [0.717, 1.165) is 21.0 Å². The van der Waals surface area contributed by atoms with Crippen molar-refractivity contribution in [1.82, 2.24) is 10.2 Å². The van der Waals surface area contributed by atoms with Crippen molar-refractivity contribution >= 4 is 39.1 Å². The molecule has 4 aromatic carbocycles. The van der Waals surface area contributed by atoms with E-state index in [9.17, 15) is 18.0 Å². The fourth-order valence-corrected chi connectivity index (χ4v) is 6.50. The molecule has 4 rings (SSSR count). The predicted molar refractivity (Wildman–Crippen MR) is 176 cm³/mol. The van der Waals surface area contributed by atoms with E-state index in [0.29, 0.717) is 16.3 Å². The topological polar surface area (TPSA) is 86.8 Å². The quantitative estimate of drug-likeness (QED) is 0.198. The molecule has 2 amide bonds. The minimum absolute atomic E-state index is 0.00770. The van der Waals surface area contributed by atoms with Crippen molar-refractivity contribution in [3.63, 3.8) is 0 Å². The molecule has 0 aliphatic rings. The number of sulfonamides is 1. The summed E-state index contributed by atoms with van der Waals surface area (Å²) in [5.74, 6) is -0.880. The van der Waals surface area contributed by atoms with Crippen LogP contribution >= 0.6 is 11.6 Å². The first-order valence-corrected chi connectivity index (χ1v) is 16.3. The Morgan fingerprint density at radius 3 is 2.11 bits per heavy atom. The highest BCUT2D eigenvalue weighted by Gasteiger charge is 2.35. The van der Waals surface area contributed by atoms with Crippen molar-refractivity contribution in [2.75, 3.05) is 10.8 Å². The van der Waals surface area contributed by atoms with Gasteiger partial charge in [-0.2, -0.15) is 0 Å². The maximum Gasteiger partial charge on any atom is 0.264 e. The molecule has 0 aliphatic carbocycles. The first-order valence-electron chi connectivity index (χ1n) is 14.5. The third-order valence-electron chi connectivity index (χ3n) is 7.18. The summed E-state index contributed by atoms with van der Waals surface area (Å²) in [5, 5.41) is 3.40. The number of rotatable bonds is 12. The van der Waals surface area contributed by atoms with Crippen LogP contribution in [0, 0.1) is 13.8 Å². The fraction of sp³-hybridized carbons (Fsp3) is 0.257. The van der Waals surface area contributed by atoms with Crippen LogP contribution in [-0.4, -0.2) is 43.8 Å². The molecule has 0 aromatic heterocycles. The number of hydrogen-bond acceptors (Lipinski definition) is 4. The van der Waals surface area contributed by atoms with Gasteiger partial charge in [0.25, 0.3) is 10.0 Å². The van der Waals surface area contributed by atoms with E-state index in [4.69, 9.17) is 11.6 Å². The van der Waals surface area contributed by atoms with E-state index in [-0.39, 0.29) is 29.8 Å². The summed E-state index contributed by atoms with van der Waals surface area (Å²) in [6.45, 7) is 6.92. The summed E-state index contributed by atoms with van der Waals surface area (Å²) in [5.41, 5.74) is 3.60. The Balaban J connectivity index is 1.82. The molecule has 1 atom stereocenters. The molecule has 0 fully saturated rings. The molecule has 4 aromatic rings. The fourth-order valence-electron chi connectivity index (χ4n) is 4.89. The van der Waals surface area contributed by atoms with Crippen LogP contribution in [0.5, 0.6) is 0 Å². The average molecular weight is 632 g/mol. The van der Waals surface area contributed by atoms with Gasteiger partial charge in [0.05, 0.1) is 10.6 Å². The zero-order chi connectivity index (χ0) is 31.9. The van der Waals surface area contributed by atoms with Crippen LogP contribution in [0.1, 0.15) is 36.1 Å². The van der Waals surface area contributed by atoms with E-state index in [2.05, 4.69) is 5.32 Å². The molecule has 44 heavy (non-hydrogen) atoms. The minimum atomic E-state index is -4.16. The second kappa shape index (κ2) is 14.6. The van der Waals surface area contributed by atoms with E-state index in [1.807, 2.05) is 70.2 Å². The number of carbonyl (C=O) groups is 2. The van der Waals surface area contributed by atoms with Crippen molar-refractivity contribution in [3.05, 3.63) is 130 Å². The van der Waals surface area contributed by atoms with Gasteiger partial charge in [0.2, 0.25) is 11.8 Å². The SMILES string of the molecule is Cc1ccc(S(=O)(=O)N(CC(=O)N(Cc2ccccc2Cl)C(Cc2ccccc2)C(=O)NC(C)C)c2cccc(C)c2)cc1. The second-order valence-electron chi connectivity index (χ2n) is 11.1. The number of halogens is 1. The van der Waals surface area contributed by atoms with Crippen LogP contribution in [0.4, 0.5) is 5.69 Å². The smallest absolute Gasteiger partial charge is 0.264 e. The van der Waals surface area contributed by atoms with Crippen molar-refractivity contribution in [2.24, 2.45) is 0 Å². The van der Waals surface area contributed by atoms with Gasteiger partial charge in [-0.15, -0.1) is 0 Å². The Hall–Kier alpha value is -4.14. The number of carbonyl (C=O) groups excluding carboxylic acids is 2. The highest BCUT2D eigenvalue weighted by atomic mass is 35.5. The van der Waals surface area contributed by atoms with E-state index in [1.54, 1.807) is 48.5 Å². The molecule has 1 N–H and O–H groups in total. The normalized spacial score (nSPS) is 12.0.